The first-order chi connectivity index (χ1) is 9.46. The molecule has 0 aromatic heterocycles. The summed E-state index contributed by atoms with van der Waals surface area (Å²) in [7, 11) is 0. The minimum Gasteiger partial charge on any atom is -0.507 e. The van der Waals surface area contributed by atoms with Gasteiger partial charge in [-0.2, -0.15) is 0 Å². The van der Waals surface area contributed by atoms with Gasteiger partial charge < -0.3 is 9.84 Å². The molecule has 1 aromatic carbocycles. The summed E-state index contributed by atoms with van der Waals surface area (Å²) < 4.78 is 5.24. The average molecular weight is 276 g/mol. The Bertz CT molecular complexity index is 499. The van der Waals surface area contributed by atoms with Crippen molar-refractivity contribution >= 4 is 5.97 Å². The molecular formula is C17H24O3. The van der Waals surface area contributed by atoms with Crippen molar-refractivity contribution in [3.8, 4) is 11.5 Å². The summed E-state index contributed by atoms with van der Waals surface area (Å²) in [5, 5.41) is 10.5. The topological polar surface area (TPSA) is 46.5 Å². The molecule has 3 heteroatoms. The maximum Gasteiger partial charge on any atom is 0.308 e. The lowest BCUT2D eigenvalue weighted by atomic mass is 9.70. The molecular weight excluding hydrogens is 252 g/mol. The minimum absolute atomic E-state index is 0.0115. The van der Waals surface area contributed by atoms with Gasteiger partial charge in [-0.15, -0.1) is 0 Å². The van der Waals surface area contributed by atoms with Gasteiger partial charge in [0, 0.05) is 12.5 Å². The largest absolute Gasteiger partial charge is 0.507 e. The number of phenols is 1. The molecule has 1 aliphatic rings. The summed E-state index contributed by atoms with van der Waals surface area (Å²) in [5.74, 6) is 0.610. The Morgan fingerprint density at radius 1 is 1.30 bits per heavy atom. The van der Waals surface area contributed by atoms with Crippen molar-refractivity contribution < 1.29 is 14.6 Å². The van der Waals surface area contributed by atoms with Gasteiger partial charge in [0.25, 0.3) is 0 Å². The number of ether oxygens (including phenoxy) is 1. The molecule has 3 nitrogen and oxygen atoms in total. The lowest BCUT2D eigenvalue weighted by molar-refractivity contribution is -0.131. The molecule has 110 valence electrons. The molecule has 0 atom stereocenters. The SMILES string of the molecule is CCc1cc(OC(C)=O)cc(C2(C)CCCCC2)c1O. The highest BCUT2D eigenvalue weighted by molar-refractivity contribution is 5.70. The van der Waals surface area contributed by atoms with E-state index in [9.17, 15) is 9.90 Å². The molecule has 1 N–H and O–H groups in total. The van der Waals surface area contributed by atoms with Crippen LogP contribution in [0.3, 0.4) is 0 Å². The van der Waals surface area contributed by atoms with Crippen LogP contribution in [-0.2, 0) is 16.6 Å². The molecule has 0 saturated heterocycles. The maximum atomic E-state index is 11.2. The van der Waals surface area contributed by atoms with Crippen LogP contribution in [-0.4, -0.2) is 11.1 Å². The first kappa shape index (κ1) is 14.9. The number of esters is 1. The molecule has 0 amide bonds. The van der Waals surface area contributed by atoms with E-state index in [4.69, 9.17) is 4.74 Å². The second-order valence-corrected chi connectivity index (χ2v) is 6.05. The molecule has 0 heterocycles. The van der Waals surface area contributed by atoms with E-state index < -0.39 is 0 Å². The molecule has 1 aliphatic carbocycles. The number of aromatic hydroxyl groups is 1. The van der Waals surface area contributed by atoms with Crippen LogP contribution in [0.15, 0.2) is 12.1 Å². The molecule has 1 fully saturated rings. The van der Waals surface area contributed by atoms with E-state index in [1.165, 1.54) is 26.2 Å². The number of carbonyl (C=O) groups excluding carboxylic acids is 1. The molecule has 1 saturated carbocycles. The highest BCUT2D eigenvalue weighted by Crippen LogP contribution is 2.45. The number of rotatable bonds is 3. The lowest BCUT2D eigenvalue weighted by Crippen LogP contribution is -2.25. The quantitative estimate of drug-likeness (QED) is 0.667. The molecule has 0 bridgehead atoms. The average Bonchev–Trinajstić information content (AvgIpc) is 2.40. The number of benzene rings is 1. The molecule has 0 radical (unpaired) electrons. The van der Waals surface area contributed by atoms with Crippen molar-refractivity contribution in [1.82, 2.24) is 0 Å². The molecule has 0 spiro atoms. The van der Waals surface area contributed by atoms with E-state index >= 15 is 0 Å². The van der Waals surface area contributed by atoms with Crippen molar-refractivity contribution in [3.63, 3.8) is 0 Å². The number of aryl methyl sites for hydroxylation is 1. The summed E-state index contributed by atoms with van der Waals surface area (Å²) in [4.78, 5) is 11.2. The van der Waals surface area contributed by atoms with Gasteiger partial charge in [0.2, 0.25) is 0 Å². The fraction of sp³-hybridized carbons (Fsp3) is 0.588. The minimum atomic E-state index is -0.322. The number of hydrogen-bond donors (Lipinski definition) is 1. The van der Waals surface area contributed by atoms with Crippen LogP contribution in [0.1, 0.15) is 64.0 Å². The van der Waals surface area contributed by atoms with Crippen molar-refractivity contribution in [2.45, 2.75) is 64.7 Å². The Kier molecular flexibility index (Phi) is 4.36. The molecule has 2 rings (SSSR count). The van der Waals surface area contributed by atoms with Crippen LogP contribution in [0.4, 0.5) is 0 Å². The summed E-state index contributed by atoms with van der Waals surface area (Å²) in [6, 6.07) is 3.62. The zero-order valence-electron chi connectivity index (χ0n) is 12.7. The van der Waals surface area contributed by atoms with Gasteiger partial charge in [0.15, 0.2) is 0 Å². The zero-order chi connectivity index (χ0) is 14.8. The molecule has 0 unspecified atom stereocenters. The standard InChI is InChI=1S/C17H24O3/c1-4-13-10-14(20-12(2)18)11-15(16(13)19)17(3)8-6-5-7-9-17/h10-11,19H,4-9H2,1-3H3. The van der Waals surface area contributed by atoms with Gasteiger partial charge in [0.05, 0.1) is 0 Å². The molecule has 20 heavy (non-hydrogen) atoms. The van der Waals surface area contributed by atoms with Gasteiger partial charge in [0.1, 0.15) is 11.5 Å². The second kappa shape index (κ2) is 5.86. The fourth-order valence-electron chi connectivity index (χ4n) is 3.22. The van der Waals surface area contributed by atoms with Crippen LogP contribution in [0.2, 0.25) is 0 Å². The van der Waals surface area contributed by atoms with Gasteiger partial charge in [-0.1, -0.05) is 33.1 Å². The maximum absolute atomic E-state index is 11.2. The fourth-order valence-corrected chi connectivity index (χ4v) is 3.22. The van der Waals surface area contributed by atoms with Gasteiger partial charge >= 0.3 is 5.97 Å². The van der Waals surface area contributed by atoms with Crippen LogP contribution in [0.25, 0.3) is 0 Å². The van der Waals surface area contributed by atoms with E-state index in [-0.39, 0.29) is 11.4 Å². The smallest absolute Gasteiger partial charge is 0.308 e. The highest BCUT2D eigenvalue weighted by atomic mass is 16.5. The van der Waals surface area contributed by atoms with Crippen LogP contribution in [0, 0.1) is 0 Å². The summed E-state index contributed by atoms with van der Waals surface area (Å²) in [5.41, 5.74) is 1.78. The van der Waals surface area contributed by atoms with Crippen molar-refractivity contribution in [2.24, 2.45) is 0 Å². The monoisotopic (exact) mass is 276 g/mol. The van der Waals surface area contributed by atoms with Gasteiger partial charge in [-0.05, 0) is 42.4 Å². The first-order valence-corrected chi connectivity index (χ1v) is 7.51. The summed E-state index contributed by atoms with van der Waals surface area (Å²) in [6.07, 6.45) is 6.52. The van der Waals surface area contributed by atoms with Crippen molar-refractivity contribution in [2.75, 3.05) is 0 Å². The molecule has 1 aromatic rings. The first-order valence-electron chi connectivity index (χ1n) is 7.51. The second-order valence-electron chi connectivity index (χ2n) is 6.05. The summed E-state index contributed by atoms with van der Waals surface area (Å²) in [6.45, 7) is 5.61. The normalized spacial score (nSPS) is 17.8. The van der Waals surface area contributed by atoms with Gasteiger partial charge in [-0.25, -0.2) is 0 Å². The number of hydrogen-bond acceptors (Lipinski definition) is 3. The van der Waals surface area contributed by atoms with Crippen molar-refractivity contribution in [3.05, 3.63) is 23.3 Å². The van der Waals surface area contributed by atoms with Crippen LogP contribution >= 0.6 is 0 Å². The third kappa shape index (κ3) is 2.97. The van der Waals surface area contributed by atoms with E-state index in [0.29, 0.717) is 11.5 Å². The number of phenolic OH excluding ortho intramolecular Hbond substituents is 1. The molecule has 0 aliphatic heterocycles. The van der Waals surface area contributed by atoms with E-state index in [2.05, 4.69) is 6.92 Å². The van der Waals surface area contributed by atoms with E-state index in [1.807, 2.05) is 13.0 Å². The Hall–Kier alpha value is -1.51. The third-order valence-electron chi connectivity index (χ3n) is 4.41. The predicted molar refractivity (Wildman–Crippen MR) is 79.2 cm³/mol. The summed E-state index contributed by atoms with van der Waals surface area (Å²) >= 11 is 0. The van der Waals surface area contributed by atoms with E-state index in [0.717, 1.165) is 30.4 Å². The highest BCUT2D eigenvalue weighted by Gasteiger charge is 2.32. The van der Waals surface area contributed by atoms with Crippen LogP contribution < -0.4 is 4.74 Å². The number of carbonyl (C=O) groups is 1. The Morgan fingerprint density at radius 2 is 1.95 bits per heavy atom. The third-order valence-corrected chi connectivity index (χ3v) is 4.41. The van der Waals surface area contributed by atoms with Crippen molar-refractivity contribution in [1.29, 1.82) is 0 Å². The van der Waals surface area contributed by atoms with Gasteiger partial charge in [-0.3, -0.25) is 4.79 Å². The van der Waals surface area contributed by atoms with E-state index in [1.54, 1.807) is 6.07 Å². The Labute approximate surface area is 121 Å². The lowest BCUT2D eigenvalue weighted by Gasteiger charge is -2.35. The zero-order valence-corrected chi connectivity index (χ0v) is 12.7. The Morgan fingerprint density at radius 3 is 2.50 bits per heavy atom. The van der Waals surface area contributed by atoms with Crippen LogP contribution in [0.5, 0.6) is 11.5 Å². The predicted octanol–water partition coefficient (Wildman–Crippen LogP) is 4.10. The Balaban J connectivity index is 2.46.